The summed E-state index contributed by atoms with van der Waals surface area (Å²) >= 11 is 0. The summed E-state index contributed by atoms with van der Waals surface area (Å²) in [6.07, 6.45) is -3.15. The van der Waals surface area contributed by atoms with E-state index in [0.29, 0.717) is 0 Å². The van der Waals surface area contributed by atoms with Gasteiger partial charge in [-0.2, -0.15) is 5.10 Å². The van der Waals surface area contributed by atoms with Gasteiger partial charge < -0.3 is 9.64 Å². The van der Waals surface area contributed by atoms with Gasteiger partial charge in [-0.1, -0.05) is 18.7 Å². The topological polar surface area (TPSA) is 47.4 Å². The normalized spacial score (nSPS) is 11.0. The number of hydrogen-bond donors (Lipinski definition) is 0. The highest BCUT2D eigenvalue weighted by molar-refractivity contribution is 6.02. The summed E-state index contributed by atoms with van der Waals surface area (Å²) in [5.41, 5.74) is -0.163. The Bertz CT molecular complexity index is 777. The molecule has 2 aromatic rings. The van der Waals surface area contributed by atoms with Crippen LogP contribution in [0.1, 0.15) is 17.7 Å². The van der Waals surface area contributed by atoms with Crippen molar-refractivity contribution in [2.75, 3.05) is 11.5 Å². The van der Waals surface area contributed by atoms with Crippen LogP contribution in [0.4, 0.5) is 23.2 Å². The van der Waals surface area contributed by atoms with Gasteiger partial charge in [0, 0.05) is 18.8 Å². The van der Waals surface area contributed by atoms with E-state index in [1.54, 1.807) is 12.1 Å². The van der Waals surface area contributed by atoms with Gasteiger partial charge in [-0.05, 0) is 18.2 Å². The zero-order valence-corrected chi connectivity index (χ0v) is 13.9. The lowest BCUT2D eigenvalue weighted by molar-refractivity contribution is -0.114. The van der Waals surface area contributed by atoms with E-state index in [0.717, 1.165) is 11.0 Å². The number of benzene rings is 1. The van der Waals surface area contributed by atoms with Crippen LogP contribution in [0, 0.1) is 0 Å². The molecule has 26 heavy (non-hydrogen) atoms. The molecule has 0 aliphatic rings. The van der Waals surface area contributed by atoms with Crippen LogP contribution in [-0.4, -0.2) is 28.7 Å². The monoisotopic (exact) mass is 371 g/mol. The van der Waals surface area contributed by atoms with Gasteiger partial charge in [0.05, 0.1) is 12.2 Å². The Balaban J connectivity index is 2.41. The number of hydrogen-bond acceptors (Lipinski definition) is 3. The fraction of sp³-hybridized carbons (Fsp3) is 0.294. The molecule has 1 aromatic heterocycles. The number of amides is 1. The minimum atomic E-state index is -2.82. The molecule has 0 aliphatic carbocycles. The third-order valence-corrected chi connectivity index (χ3v) is 3.43. The molecule has 1 amide bonds. The molecule has 1 aromatic carbocycles. The fourth-order valence-electron chi connectivity index (χ4n) is 2.38. The molecule has 0 saturated heterocycles. The number of carbonyl (C=O) groups is 1. The quantitative estimate of drug-likeness (QED) is 0.525. The van der Waals surface area contributed by atoms with Gasteiger partial charge in [0.15, 0.2) is 0 Å². The predicted molar refractivity (Wildman–Crippen MR) is 87.5 cm³/mol. The van der Waals surface area contributed by atoms with Crippen LogP contribution < -0.4 is 9.64 Å². The van der Waals surface area contributed by atoms with Crippen molar-refractivity contribution in [1.29, 1.82) is 0 Å². The molecule has 0 fully saturated rings. The fourth-order valence-corrected chi connectivity index (χ4v) is 2.38. The van der Waals surface area contributed by atoms with Gasteiger partial charge in [0.1, 0.15) is 18.1 Å². The molecule has 9 heteroatoms. The van der Waals surface area contributed by atoms with Crippen molar-refractivity contribution in [2.45, 2.75) is 19.4 Å². The predicted octanol–water partition coefficient (Wildman–Crippen LogP) is 3.72. The number of anilines is 1. The van der Waals surface area contributed by atoms with Crippen molar-refractivity contribution in [3.05, 3.63) is 54.4 Å². The molecule has 2 rings (SSSR count). The summed E-state index contributed by atoms with van der Waals surface area (Å²) in [6.45, 7) is 2.29. The molecule has 1 heterocycles. The summed E-state index contributed by atoms with van der Waals surface area (Å²) in [7, 11) is 1.48. The zero-order valence-electron chi connectivity index (χ0n) is 13.9. The maximum absolute atomic E-state index is 13.2. The van der Waals surface area contributed by atoms with Crippen molar-refractivity contribution < 1.29 is 27.1 Å². The maximum atomic E-state index is 13.2. The minimum absolute atomic E-state index is 0.0329. The first-order valence-corrected chi connectivity index (χ1v) is 7.58. The van der Waals surface area contributed by atoms with Gasteiger partial charge in [-0.15, -0.1) is 0 Å². The lowest BCUT2D eigenvalue weighted by atomic mass is 10.2. The molecule has 0 radical (unpaired) electrons. The number of ether oxygens (including phenoxy) is 1. The van der Waals surface area contributed by atoms with Crippen LogP contribution in [0.2, 0.25) is 0 Å². The Morgan fingerprint density at radius 2 is 2.04 bits per heavy atom. The highest BCUT2D eigenvalue weighted by atomic mass is 19.3. The van der Waals surface area contributed by atoms with Crippen LogP contribution in [0.15, 0.2) is 43.1 Å². The van der Waals surface area contributed by atoms with E-state index in [9.17, 15) is 22.4 Å². The zero-order chi connectivity index (χ0) is 19.3. The SMILES string of the molecule is C=CC(=O)N(Cc1cn(C)nc1C(F)F)c1ccccc1OCC(F)F. The van der Waals surface area contributed by atoms with E-state index in [4.69, 9.17) is 4.74 Å². The number of rotatable bonds is 8. The molecule has 140 valence electrons. The molecule has 0 atom stereocenters. The van der Waals surface area contributed by atoms with Gasteiger partial charge in [0.25, 0.3) is 18.8 Å². The second-order valence-electron chi connectivity index (χ2n) is 5.31. The third-order valence-electron chi connectivity index (χ3n) is 3.43. The first-order chi connectivity index (χ1) is 12.3. The van der Waals surface area contributed by atoms with E-state index >= 15 is 0 Å². The number of alkyl halides is 4. The van der Waals surface area contributed by atoms with Crippen molar-refractivity contribution in [3.63, 3.8) is 0 Å². The van der Waals surface area contributed by atoms with Gasteiger partial charge in [-0.3, -0.25) is 9.48 Å². The number of aryl methyl sites for hydroxylation is 1. The van der Waals surface area contributed by atoms with Crippen LogP contribution in [0.25, 0.3) is 0 Å². The summed E-state index contributed by atoms with van der Waals surface area (Å²) in [4.78, 5) is 13.4. The smallest absolute Gasteiger partial charge is 0.282 e. The summed E-state index contributed by atoms with van der Waals surface area (Å²) in [6, 6.07) is 6.01. The molecule has 0 N–H and O–H groups in total. The Hall–Kier alpha value is -2.84. The molecule has 5 nitrogen and oxygen atoms in total. The van der Waals surface area contributed by atoms with E-state index in [1.165, 1.54) is 30.1 Å². The van der Waals surface area contributed by atoms with E-state index in [1.807, 2.05) is 0 Å². The second kappa shape index (κ2) is 8.50. The minimum Gasteiger partial charge on any atom is -0.485 e. The summed E-state index contributed by atoms with van der Waals surface area (Å²) < 4.78 is 57.5. The number of aromatic nitrogens is 2. The van der Waals surface area contributed by atoms with Crippen LogP contribution in [-0.2, 0) is 18.4 Å². The lowest BCUT2D eigenvalue weighted by Crippen LogP contribution is -2.29. The van der Waals surface area contributed by atoms with E-state index in [-0.39, 0.29) is 23.5 Å². The Morgan fingerprint density at radius 1 is 1.35 bits per heavy atom. The van der Waals surface area contributed by atoms with Crippen molar-refractivity contribution >= 4 is 11.6 Å². The summed E-state index contributed by atoms with van der Waals surface area (Å²) in [5, 5.41) is 3.70. The molecule has 0 spiro atoms. The van der Waals surface area contributed by atoms with Crippen molar-refractivity contribution in [1.82, 2.24) is 9.78 Å². The van der Waals surface area contributed by atoms with E-state index < -0.39 is 31.1 Å². The average molecular weight is 371 g/mol. The van der Waals surface area contributed by atoms with Crippen LogP contribution >= 0.6 is 0 Å². The van der Waals surface area contributed by atoms with Crippen molar-refractivity contribution in [3.8, 4) is 5.75 Å². The van der Waals surface area contributed by atoms with Crippen molar-refractivity contribution in [2.24, 2.45) is 7.05 Å². The maximum Gasteiger partial charge on any atom is 0.282 e. The molecule has 0 saturated carbocycles. The molecule has 0 bridgehead atoms. The number of nitrogens with zero attached hydrogens (tertiary/aromatic N) is 3. The molecular formula is C17H17F4N3O2. The first-order valence-electron chi connectivity index (χ1n) is 7.58. The average Bonchev–Trinajstić information content (AvgIpc) is 2.98. The standard InChI is InChI=1S/C17H17F4N3O2/c1-3-15(25)24(9-11-8-23(2)22-16(11)17(20)21)12-6-4-5-7-13(12)26-10-14(18)19/h3-8,14,17H,1,9-10H2,2H3. The van der Waals surface area contributed by atoms with Crippen LogP contribution in [0.3, 0.4) is 0 Å². The van der Waals surface area contributed by atoms with E-state index in [2.05, 4.69) is 11.7 Å². The molecule has 0 aliphatic heterocycles. The van der Waals surface area contributed by atoms with Gasteiger partial charge in [0.2, 0.25) is 0 Å². The Kier molecular flexibility index (Phi) is 6.37. The highest BCUT2D eigenvalue weighted by Crippen LogP contribution is 2.31. The lowest BCUT2D eigenvalue weighted by Gasteiger charge is -2.24. The van der Waals surface area contributed by atoms with Gasteiger partial charge >= 0.3 is 0 Å². The van der Waals surface area contributed by atoms with Gasteiger partial charge in [-0.25, -0.2) is 17.6 Å². The largest absolute Gasteiger partial charge is 0.485 e. The molecule has 0 unspecified atom stereocenters. The summed E-state index contributed by atoms with van der Waals surface area (Å²) in [5.74, 6) is -0.562. The second-order valence-corrected chi connectivity index (χ2v) is 5.31. The number of para-hydroxylation sites is 2. The third kappa shape index (κ3) is 4.62. The highest BCUT2D eigenvalue weighted by Gasteiger charge is 2.24. The van der Waals surface area contributed by atoms with Crippen LogP contribution in [0.5, 0.6) is 5.75 Å². The Morgan fingerprint density at radius 3 is 2.65 bits per heavy atom. The first kappa shape index (κ1) is 19.5. The number of halogens is 4. The number of carbonyl (C=O) groups excluding carboxylic acids is 1. The molecular weight excluding hydrogens is 354 g/mol. The Labute approximate surface area is 147 Å².